The molecule has 1 heterocycles. The lowest BCUT2D eigenvalue weighted by Gasteiger charge is -2.41. The summed E-state index contributed by atoms with van der Waals surface area (Å²) in [7, 11) is -5.12. The molecule has 7 N–H and O–H groups in total. The van der Waals surface area contributed by atoms with E-state index >= 15 is 0 Å². The second-order valence-electron chi connectivity index (χ2n) is 15.8. The molecule has 1 fully saturated rings. The molecule has 0 spiro atoms. The molecule has 1 aliphatic heterocycles. The zero-order valence-electron chi connectivity index (χ0n) is 35.3. The molecule has 0 aromatic rings. The number of carbonyl (C=O) groups excluding carboxylic acids is 1. The standard InChI is InChI=1S/C43H81NO12S/c1-3-5-7-9-11-13-15-16-17-18-19-20-22-24-26-28-30-32-37(47)42(50)44-35(36(46)31-29-27-25-23-21-14-12-10-8-6-4-2)34-54-43-40(49)41(56-57(51,52)53)39(48)38(33-45)55-43/h21,23,29,31,35-41,43,45-49H,3-20,22,24-28,30,32-34H2,1-2H3,(H,44,50)(H,51,52,53)/b23-21+,31-29+. The number of nitrogens with one attached hydrogen (secondary N) is 1. The summed E-state index contributed by atoms with van der Waals surface area (Å²) < 4.78 is 47.4. The number of ether oxygens (including phenoxy) is 2. The van der Waals surface area contributed by atoms with Gasteiger partial charge in [-0.15, -0.1) is 0 Å². The average molecular weight is 836 g/mol. The second-order valence-corrected chi connectivity index (χ2v) is 16.8. The number of hydrogen-bond donors (Lipinski definition) is 7. The largest absolute Gasteiger partial charge is 0.397 e. The van der Waals surface area contributed by atoms with Crippen LogP contribution in [0.1, 0.15) is 181 Å². The van der Waals surface area contributed by atoms with Crippen LogP contribution < -0.4 is 5.32 Å². The Hall–Kier alpha value is -1.46. The van der Waals surface area contributed by atoms with Gasteiger partial charge in [-0.2, -0.15) is 8.42 Å². The van der Waals surface area contributed by atoms with Gasteiger partial charge < -0.3 is 40.3 Å². The first-order valence-corrected chi connectivity index (χ1v) is 23.7. The first-order chi connectivity index (χ1) is 27.4. The van der Waals surface area contributed by atoms with Crippen molar-refractivity contribution >= 4 is 16.3 Å². The van der Waals surface area contributed by atoms with Gasteiger partial charge in [0.1, 0.15) is 30.5 Å². The SMILES string of the molecule is CCCCCCC/C=C/CC/C=C/C(O)C(COC1OC(CO)C(O)C(OS(=O)(=O)O)C1O)NC(=O)C(O)CCCCCCCCCCCCCCCCCCC. The smallest absolute Gasteiger partial charge is 0.394 e. The maximum Gasteiger partial charge on any atom is 0.397 e. The molecule has 0 bridgehead atoms. The molecule has 1 saturated heterocycles. The number of aliphatic hydroxyl groups excluding tert-OH is 5. The number of rotatable bonds is 37. The van der Waals surface area contributed by atoms with E-state index in [4.69, 9.17) is 14.0 Å². The van der Waals surface area contributed by atoms with Crippen LogP contribution in [0, 0.1) is 0 Å². The number of allylic oxidation sites excluding steroid dienone is 3. The maximum atomic E-state index is 13.1. The fourth-order valence-electron chi connectivity index (χ4n) is 7.01. The van der Waals surface area contributed by atoms with E-state index in [2.05, 4.69) is 35.5 Å². The summed E-state index contributed by atoms with van der Waals surface area (Å²) in [6.07, 6.45) is 25.6. The highest BCUT2D eigenvalue weighted by Gasteiger charge is 2.48. The molecule has 0 aromatic carbocycles. The van der Waals surface area contributed by atoms with E-state index in [0.717, 1.165) is 38.5 Å². The summed E-state index contributed by atoms with van der Waals surface area (Å²) in [6, 6.07) is -1.13. The second kappa shape index (κ2) is 34.3. The van der Waals surface area contributed by atoms with E-state index in [9.17, 15) is 38.7 Å². The van der Waals surface area contributed by atoms with Crippen molar-refractivity contribution in [2.75, 3.05) is 13.2 Å². The van der Waals surface area contributed by atoms with E-state index in [0.29, 0.717) is 12.8 Å². The van der Waals surface area contributed by atoms with Gasteiger partial charge >= 0.3 is 10.4 Å². The van der Waals surface area contributed by atoms with Crippen molar-refractivity contribution in [2.24, 2.45) is 0 Å². The fourth-order valence-corrected chi connectivity index (χ4v) is 7.51. The van der Waals surface area contributed by atoms with Crippen molar-refractivity contribution in [3.8, 4) is 0 Å². The van der Waals surface area contributed by atoms with Crippen LogP contribution in [0.4, 0.5) is 0 Å². The minimum Gasteiger partial charge on any atom is -0.394 e. The van der Waals surface area contributed by atoms with Crippen LogP contribution >= 0.6 is 0 Å². The molecule has 1 amide bonds. The van der Waals surface area contributed by atoms with Crippen LogP contribution in [0.5, 0.6) is 0 Å². The Balaban J connectivity index is 2.58. The molecule has 14 heteroatoms. The fraction of sp³-hybridized carbons (Fsp3) is 0.884. The predicted octanol–water partition coefficient (Wildman–Crippen LogP) is 7.13. The van der Waals surface area contributed by atoms with Gasteiger partial charge in [0.05, 0.1) is 25.4 Å². The van der Waals surface area contributed by atoms with Crippen molar-refractivity contribution in [1.29, 1.82) is 0 Å². The summed E-state index contributed by atoms with van der Waals surface area (Å²) in [5.41, 5.74) is 0. The van der Waals surface area contributed by atoms with Gasteiger partial charge in [-0.25, -0.2) is 4.18 Å². The molecule has 13 nitrogen and oxygen atoms in total. The molecule has 0 aromatic heterocycles. The monoisotopic (exact) mass is 836 g/mol. The molecule has 0 radical (unpaired) electrons. The molecule has 1 aliphatic rings. The summed E-state index contributed by atoms with van der Waals surface area (Å²) in [6.45, 7) is 3.16. The predicted molar refractivity (Wildman–Crippen MR) is 224 cm³/mol. The highest BCUT2D eigenvalue weighted by molar-refractivity contribution is 7.80. The number of carbonyl (C=O) groups is 1. The van der Waals surface area contributed by atoms with Crippen molar-refractivity contribution in [3.05, 3.63) is 24.3 Å². The molecule has 8 unspecified atom stereocenters. The minimum absolute atomic E-state index is 0.240. The average Bonchev–Trinajstić information content (AvgIpc) is 3.18. The van der Waals surface area contributed by atoms with Crippen LogP contribution in [0.3, 0.4) is 0 Å². The van der Waals surface area contributed by atoms with E-state index in [1.807, 2.05) is 0 Å². The van der Waals surface area contributed by atoms with Gasteiger partial charge in [0, 0.05) is 0 Å². The lowest BCUT2D eigenvalue weighted by molar-refractivity contribution is -0.298. The zero-order valence-corrected chi connectivity index (χ0v) is 36.1. The minimum atomic E-state index is -5.12. The molecule has 0 aliphatic carbocycles. The molecular weight excluding hydrogens is 755 g/mol. The van der Waals surface area contributed by atoms with Crippen LogP contribution in [0.2, 0.25) is 0 Å². The lowest BCUT2D eigenvalue weighted by atomic mass is 9.99. The third-order valence-corrected chi connectivity index (χ3v) is 11.1. The normalized spacial score (nSPS) is 22.0. The maximum absolute atomic E-state index is 13.1. The Kier molecular flexibility index (Phi) is 32.2. The third kappa shape index (κ3) is 27.1. The Labute approximate surface area is 345 Å². The van der Waals surface area contributed by atoms with Crippen molar-refractivity contribution < 1.29 is 57.0 Å². The van der Waals surface area contributed by atoms with Crippen LogP contribution in [0.25, 0.3) is 0 Å². The van der Waals surface area contributed by atoms with Crippen LogP contribution in [0.15, 0.2) is 24.3 Å². The van der Waals surface area contributed by atoms with E-state index in [1.54, 1.807) is 6.08 Å². The van der Waals surface area contributed by atoms with Gasteiger partial charge in [-0.1, -0.05) is 173 Å². The molecule has 336 valence electrons. The third-order valence-electron chi connectivity index (χ3n) is 10.6. The number of hydrogen-bond acceptors (Lipinski definition) is 11. The van der Waals surface area contributed by atoms with Gasteiger partial charge in [0.15, 0.2) is 6.29 Å². The lowest BCUT2D eigenvalue weighted by Crippen LogP contribution is -2.61. The van der Waals surface area contributed by atoms with Gasteiger partial charge in [-0.05, 0) is 32.1 Å². The summed E-state index contributed by atoms with van der Waals surface area (Å²) >= 11 is 0. The Morgan fingerprint density at radius 2 is 1.18 bits per heavy atom. The van der Waals surface area contributed by atoms with Crippen molar-refractivity contribution in [1.82, 2.24) is 5.32 Å². The topological polar surface area (TPSA) is 212 Å². The number of aliphatic hydroxyl groups is 5. The van der Waals surface area contributed by atoms with E-state index < -0.39 is 78.5 Å². The highest BCUT2D eigenvalue weighted by Crippen LogP contribution is 2.26. The first-order valence-electron chi connectivity index (χ1n) is 22.3. The van der Waals surface area contributed by atoms with Gasteiger partial charge in [0.25, 0.3) is 0 Å². The number of amides is 1. The highest BCUT2D eigenvalue weighted by atomic mass is 32.3. The molecule has 0 saturated carbocycles. The molecular formula is C43H81NO12S. The van der Waals surface area contributed by atoms with Gasteiger partial charge in [-0.3, -0.25) is 9.35 Å². The molecule has 57 heavy (non-hydrogen) atoms. The number of unbranched alkanes of at least 4 members (excludes halogenated alkanes) is 22. The first kappa shape index (κ1) is 53.6. The van der Waals surface area contributed by atoms with Gasteiger partial charge in [0.2, 0.25) is 5.91 Å². The van der Waals surface area contributed by atoms with E-state index in [-0.39, 0.29) is 6.42 Å². The van der Waals surface area contributed by atoms with Crippen molar-refractivity contribution in [2.45, 2.75) is 230 Å². The van der Waals surface area contributed by atoms with Crippen LogP contribution in [-0.2, 0) is 28.9 Å². The summed E-state index contributed by atoms with van der Waals surface area (Å²) in [4.78, 5) is 13.1. The Morgan fingerprint density at radius 3 is 1.68 bits per heavy atom. The summed E-state index contributed by atoms with van der Waals surface area (Å²) in [5.74, 6) is -0.712. The zero-order chi connectivity index (χ0) is 42.2. The van der Waals surface area contributed by atoms with E-state index in [1.165, 1.54) is 115 Å². The molecule has 1 rings (SSSR count). The van der Waals surface area contributed by atoms with Crippen LogP contribution in [-0.4, -0.2) is 107 Å². The van der Waals surface area contributed by atoms with Crippen molar-refractivity contribution in [3.63, 3.8) is 0 Å². The summed E-state index contributed by atoms with van der Waals surface area (Å²) in [5, 5.41) is 55.0. The molecule has 8 atom stereocenters. The quantitative estimate of drug-likeness (QED) is 0.0189. The Bertz CT molecular complexity index is 1140. The Morgan fingerprint density at radius 1 is 0.702 bits per heavy atom.